The lowest BCUT2D eigenvalue weighted by Crippen LogP contribution is -2.32. The van der Waals surface area contributed by atoms with E-state index in [4.69, 9.17) is 0 Å². The summed E-state index contributed by atoms with van der Waals surface area (Å²) in [5, 5.41) is 3.80. The fourth-order valence-corrected chi connectivity index (χ4v) is 6.28. The van der Waals surface area contributed by atoms with E-state index >= 15 is 0 Å². The smallest absolute Gasteiger partial charge is 0.0369 e. The maximum atomic E-state index is 4.32. The van der Waals surface area contributed by atoms with E-state index in [1.807, 2.05) is 0 Å². The monoisotopic (exact) mass is 615 g/mol. The van der Waals surface area contributed by atoms with Gasteiger partial charge in [-0.05, 0) is 78.3 Å². The molecule has 0 unspecified atom stereocenters. The molecule has 0 saturated heterocycles. The molecule has 44 heavy (non-hydrogen) atoms. The first-order valence-corrected chi connectivity index (χ1v) is 20.0. The molecule has 0 aromatic rings. The van der Waals surface area contributed by atoms with Gasteiger partial charge in [0, 0.05) is 18.3 Å². The van der Waals surface area contributed by atoms with Crippen LogP contribution in [-0.2, 0) is 0 Å². The number of nitrogens with zero attached hydrogens (tertiary/aromatic N) is 1. The maximum Gasteiger partial charge on any atom is 0.0369 e. The molecule has 0 aliphatic rings. The lowest BCUT2D eigenvalue weighted by Gasteiger charge is -2.23. The van der Waals surface area contributed by atoms with Crippen molar-refractivity contribution in [2.24, 2.45) is 0 Å². The SMILES string of the molecule is C=C(CN(C)C)NC(CCCCCCCC/C=C\CCCCCCCC)CCCCCCCC/C=C\CCCCCCCC. The van der Waals surface area contributed by atoms with Gasteiger partial charge in [0.1, 0.15) is 0 Å². The van der Waals surface area contributed by atoms with Crippen LogP contribution in [0.4, 0.5) is 0 Å². The van der Waals surface area contributed by atoms with Crippen LogP contribution in [0.25, 0.3) is 0 Å². The van der Waals surface area contributed by atoms with Crippen molar-refractivity contribution in [1.82, 2.24) is 10.2 Å². The zero-order valence-electron chi connectivity index (χ0n) is 31.0. The summed E-state index contributed by atoms with van der Waals surface area (Å²) in [7, 11) is 4.28. The molecule has 0 aromatic heterocycles. The average Bonchev–Trinajstić information content (AvgIpc) is 3.00. The summed E-state index contributed by atoms with van der Waals surface area (Å²) in [6.45, 7) is 9.85. The fourth-order valence-electron chi connectivity index (χ4n) is 6.28. The maximum absolute atomic E-state index is 4.32. The molecule has 0 aliphatic heterocycles. The molecule has 0 fully saturated rings. The Hall–Kier alpha value is -1.02. The Morgan fingerprint density at radius 2 is 0.773 bits per heavy atom. The normalized spacial score (nSPS) is 12.0. The standard InChI is InChI=1S/C42H82N2/c1-6-8-10-12-14-16-18-20-22-24-26-28-30-32-34-36-38-42(43-41(3)40-44(4)5)39-37-35-33-31-29-27-25-23-21-19-17-15-13-11-9-7-2/h20-23,42-43H,3,6-19,24-40H2,1-2,4-5H3/b22-20-,23-21-. The predicted molar refractivity (Wildman–Crippen MR) is 203 cm³/mol. The number of likely N-dealkylation sites (N-methyl/N-ethyl adjacent to an activating group) is 1. The second-order valence-corrected chi connectivity index (χ2v) is 14.1. The Kier molecular flexibility index (Phi) is 35.6. The van der Waals surface area contributed by atoms with Gasteiger partial charge in [0.25, 0.3) is 0 Å². The van der Waals surface area contributed by atoms with Crippen LogP contribution in [-0.4, -0.2) is 31.6 Å². The Morgan fingerprint density at radius 3 is 1.09 bits per heavy atom. The highest BCUT2D eigenvalue weighted by Crippen LogP contribution is 2.16. The van der Waals surface area contributed by atoms with Crippen LogP contribution in [0.1, 0.15) is 206 Å². The van der Waals surface area contributed by atoms with E-state index in [9.17, 15) is 0 Å². The minimum absolute atomic E-state index is 0.607. The van der Waals surface area contributed by atoms with Crippen LogP contribution in [0.5, 0.6) is 0 Å². The van der Waals surface area contributed by atoms with Gasteiger partial charge in [-0.3, -0.25) is 0 Å². The van der Waals surface area contributed by atoms with Crippen LogP contribution in [0.15, 0.2) is 36.6 Å². The molecule has 0 heterocycles. The zero-order chi connectivity index (χ0) is 32.2. The van der Waals surface area contributed by atoms with Crippen molar-refractivity contribution >= 4 is 0 Å². The van der Waals surface area contributed by atoms with Gasteiger partial charge < -0.3 is 10.2 Å². The fraction of sp³-hybridized carbons (Fsp3) is 0.857. The highest BCUT2D eigenvalue weighted by atomic mass is 15.1. The Morgan fingerprint density at radius 1 is 0.477 bits per heavy atom. The van der Waals surface area contributed by atoms with Gasteiger partial charge >= 0.3 is 0 Å². The van der Waals surface area contributed by atoms with Crippen molar-refractivity contribution in [1.29, 1.82) is 0 Å². The molecule has 0 atom stereocenters. The van der Waals surface area contributed by atoms with Crippen molar-refractivity contribution in [2.45, 2.75) is 213 Å². The second kappa shape index (κ2) is 36.4. The van der Waals surface area contributed by atoms with E-state index in [0.717, 1.165) is 6.54 Å². The van der Waals surface area contributed by atoms with Gasteiger partial charge in [-0.25, -0.2) is 0 Å². The summed E-state index contributed by atoms with van der Waals surface area (Å²) in [5.41, 5.74) is 1.19. The Bertz CT molecular complexity index is 577. The quantitative estimate of drug-likeness (QED) is 0.0558. The summed E-state index contributed by atoms with van der Waals surface area (Å²) in [6.07, 6.45) is 51.1. The van der Waals surface area contributed by atoms with Gasteiger partial charge in [-0.1, -0.05) is 173 Å². The van der Waals surface area contributed by atoms with E-state index in [-0.39, 0.29) is 0 Å². The van der Waals surface area contributed by atoms with E-state index in [1.165, 1.54) is 198 Å². The molecular weight excluding hydrogens is 532 g/mol. The molecule has 0 spiro atoms. The molecule has 260 valence electrons. The van der Waals surface area contributed by atoms with Gasteiger partial charge in [-0.15, -0.1) is 0 Å². The van der Waals surface area contributed by atoms with Gasteiger partial charge in [0.15, 0.2) is 0 Å². The van der Waals surface area contributed by atoms with Crippen molar-refractivity contribution in [3.8, 4) is 0 Å². The molecule has 1 N–H and O–H groups in total. The van der Waals surface area contributed by atoms with E-state index in [0.29, 0.717) is 6.04 Å². The lowest BCUT2D eigenvalue weighted by atomic mass is 9.99. The minimum Gasteiger partial charge on any atom is -0.385 e. The summed E-state index contributed by atoms with van der Waals surface area (Å²) >= 11 is 0. The molecule has 0 saturated carbocycles. The van der Waals surface area contributed by atoms with Crippen molar-refractivity contribution < 1.29 is 0 Å². The van der Waals surface area contributed by atoms with Crippen LogP contribution in [0.2, 0.25) is 0 Å². The summed E-state index contributed by atoms with van der Waals surface area (Å²) in [4.78, 5) is 2.22. The number of rotatable bonds is 36. The van der Waals surface area contributed by atoms with Crippen molar-refractivity contribution in [3.63, 3.8) is 0 Å². The van der Waals surface area contributed by atoms with E-state index < -0.39 is 0 Å². The molecule has 0 bridgehead atoms. The largest absolute Gasteiger partial charge is 0.385 e. The van der Waals surface area contributed by atoms with Gasteiger partial charge in [0.2, 0.25) is 0 Å². The minimum atomic E-state index is 0.607. The lowest BCUT2D eigenvalue weighted by molar-refractivity contribution is 0.395. The van der Waals surface area contributed by atoms with Crippen LogP contribution in [0, 0.1) is 0 Å². The molecule has 0 rings (SSSR count). The molecule has 0 amide bonds. The number of hydrogen-bond donors (Lipinski definition) is 1. The van der Waals surface area contributed by atoms with Crippen LogP contribution < -0.4 is 5.32 Å². The zero-order valence-corrected chi connectivity index (χ0v) is 31.0. The average molecular weight is 615 g/mol. The van der Waals surface area contributed by atoms with Crippen molar-refractivity contribution in [2.75, 3.05) is 20.6 Å². The number of allylic oxidation sites excluding steroid dienone is 4. The molecule has 2 nitrogen and oxygen atoms in total. The molecular formula is C42H82N2. The first-order valence-electron chi connectivity index (χ1n) is 20.0. The molecule has 0 radical (unpaired) electrons. The first kappa shape index (κ1) is 43.0. The number of hydrogen-bond acceptors (Lipinski definition) is 2. The van der Waals surface area contributed by atoms with Crippen LogP contribution >= 0.6 is 0 Å². The van der Waals surface area contributed by atoms with Gasteiger partial charge in [0.05, 0.1) is 0 Å². The second-order valence-electron chi connectivity index (χ2n) is 14.1. The Balaban J connectivity index is 3.83. The number of nitrogens with one attached hydrogen (secondary N) is 1. The van der Waals surface area contributed by atoms with E-state index in [1.54, 1.807) is 0 Å². The topological polar surface area (TPSA) is 15.3 Å². The molecule has 0 aromatic carbocycles. The predicted octanol–water partition coefficient (Wildman–Crippen LogP) is 13.9. The van der Waals surface area contributed by atoms with E-state index in [2.05, 4.69) is 69.0 Å². The summed E-state index contributed by atoms with van der Waals surface area (Å²) in [6, 6.07) is 0.607. The molecule has 2 heteroatoms. The third-order valence-corrected chi connectivity index (χ3v) is 9.04. The molecule has 0 aliphatic carbocycles. The number of unbranched alkanes of at least 4 members (excludes halogenated alkanes) is 24. The highest BCUT2D eigenvalue weighted by molar-refractivity contribution is 4.96. The van der Waals surface area contributed by atoms with Gasteiger partial charge in [-0.2, -0.15) is 0 Å². The highest BCUT2D eigenvalue weighted by Gasteiger charge is 2.10. The third-order valence-electron chi connectivity index (χ3n) is 9.04. The van der Waals surface area contributed by atoms with Crippen molar-refractivity contribution in [3.05, 3.63) is 36.6 Å². The first-order chi connectivity index (χ1) is 21.6. The van der Waals surface area contributed by atoms with Crippen LogP contribution in [0.3, 0.4) is 0 Å². The third kappa shape index (κ3) is 35.5. The summed E-state index contributed by atoms with van der Waals surface area (Å²) in [5.74, 6) is 0. The Labute approximate surface area is 279 Å². The summed E-state index contributed by atoms with van der Waals surface area (Å²) < 4.78 is 0.